The van der Waals surface area contributed by atoms with E-state index < -0.39 is 6.10 Å². The van der Waals surface area contributed by atoms with Crippen molar-refractivity contribution in [1.82, 2.24) is 0 Å². The molecule has 0 radical (unpaired) electrons. The highest BCUT2D eigenvalue weighted by atomic mass is 16.6. The van der Waals surface area contributed by atoms with E-state index in [9.17, 15) is 14.4 Å². The minimum Gasteiger partial charge on any atom is -0.462 e. The Morgan fingerprint density at radius 3 is 0.985 bits per heavy atom. The van der Waals surface area contributed by atoms with Gasteiger partial charge in [0, 0.05) is 19.3 Å². The molecule has 0 aromatic rings. The van der Waals surface area contributed by atoms with Gasteiger partial charge in [-0.15, -0.1) is 0 Å². The highest BCUT2D eigenvalue weighted by molar-refractivity contribution is 5.71. The molecule has 0 heterocycles. The second kappa shape index (κ2) is 54.5. The third-order valence-corrected chi connectivity index (χ3v) is 11.9. The standard InChI is InChI=1S/C60H104O6/c1-4-7-10-13-16-19-22-25-28-29-30-31-33-35-38-41-44-47-50-53-59(62)65-56-57(55-64-58(61)52-49-46-43-40-37-34-27-24-21-18-15-12-9-6-3)66-60(63)54-51-48-45-42-39-36-32-26-23-20-17-14-11-8-5-2/h8,11,15,17-18,20,24,26-27,29-30,32,57H,4-7,9-10,12-14,16,19,21-23,25,28,31,33-56H2,1-3H3/b11-8-,18-15-,20-17-,27-24-,30-29-,32-26-/t57-/m1/s1. The molecule has 0 fully saturated rings. The Morgan fingerprint density at radius 2 is 0.606 bits per heavy atom. The Morgan fingerprint density at radius 1 is 0.318 bits per heavy atom. The van der Waals surface area contributed by atoms with Crippen LogP contribution in [0.15, 0.2) is 72.9 Å². The van der Waals surface area contributed by atoms with Crippen molar-refractivity contribution in [3.8, 4) is 0 Å². The number of carbonyl (C=O) groups excluding carboxylic acids is 3. The molecule has 0 aliphatic heterocycles. The van der Waals surface area contributed by atoms with E-state index in [1.54, 1.807) is 0 Å². The zero-order valence-corrected chi connectivity index (χ0v) is 43.4. The molecule has 0 N–H and O–H groups in total. The zero-order valence-electron chi connectivity index (χ0n) is 43.4. The minimum absolute atomic E-state index is 0.0891. The largest absolute Gasteiger partial charge is 0.462 e. The van der Waals surface area contributed by atoms with Crippen molar-refractivity contribution in [2.45, 2.75) is 277 Å². The summed E-state index contributed by atoms with van der Waals surface area (Å²) in [4.78, 5) is 38.1. The molecular weight excluding hydrogens is 817 g/mol. The van der Waals surface area contributed by atoms with E-state index in [2.05, 4.69) is 93.7 Å². The van der Waals surface area contributed by atoms with Crippen molar-refractivity contribution in [1.29, 1.82) is 0 Å². The number of ether oxygens (including phenoxy) is 3. The molecule has 66 heavy (non-hydrogen) atoms. The van der Waals surface area contributed by atoms with Crippen LogP contribution in [0.4, 0.5) is 0 Å². The maximum Gasteiger partial charge on any atom is 0.306 e. The Balaban J connectivity index is 4.40. The van der Waals surface area contributed by atoms with Gasteiger partial charge in [0.15, 0.2) is 6.10 Å². The zero-order chi connectivity index (χ0) is 47.9. The SMILES string of the molecule is CC/C=C\C/C=C\C/C=C\CCCCCCCC(=O)O[C@H](COC(=O)CCCCCCC/C=C\C/C=C\CCCC)COC(=O)CCCCCCCCC/C=C\CCCCCCCCCC. The average molecular weight is 921 g/mol. The third-order valence-electron chi connectivity index (χ3n) is 11.9. The van der Waals surface area contributed by atoms with Crippen molar-refractivity contribution < 1.29 is 28.6 Å². The summed E-state index contributed by atoms with van der Waals surface area (Å²) in [6.07, 6.45) is 68.9. The predicted octanol–water partition coefficient (Wildman–Crippen LogP) is 18.6. The Hall–Kier alpha value is -3.15. The number of allylic oxidation sites excluding steroid dienone is 12. The molecule has 0 amide bonds. The molecule has 0 unspecified atom stereocenters. The molecule has 0 saturated carbocycles. The second-order valence-corrected chi connectivity index (χ2v) is 18.5. The first kappa shape index (κ1) is 62.8. The van der Waals surface area contributed by atoms with Gasteiger partial charge in [-0.1, -0.05) is 222 Å². The first-order valence-electron chi connectivity index (χ1n) is 27.9. The highest BCUT2D eigenvalue weighted by Gasteiger charge is 2.19. The van der Waals surface area contributed by atoms with E-state index in [4.69, 9.17) is 14.2 Å². The lowest BCUT2D eigenvalue weighted by Gasteiger charge is -2.18. The summed E-state index contributed by atoms with van der Waals surface area (Å²) in [5, 5.41) is 0. The van der Waals surface area contributed by atoms with Crippen molar-refractivity contribution in [3.63, 3.8) is 0 Å². The monoisotopic (exact) mass is 921 g/mol. The molecule has 0 aliphatic carbocycles. The van der Waals surface area contributed by atoms with E-state index in [-0.39, 0.29) is 31.1 Å². The second-order valence-electron chi connectivity index (χ2n) is 18.5. The molecule has 0 saturated heterocycles. The Labute approximate surface area is 408 Å². The topological polar surface area (TPSA) is 78.9 Å². The summed E-state index contributed by atoms with van der Waals surface area (Å²) in [5.74, 6) is -0.919. The summed E-state index contributed by atoms with van der Waals surface area (Å²) in [5.41, 5.74) is 0. The van der Waals surface area contributed by atoms with Gasteiger partial charge in [-0.2, -0.15) is 0 Å². The molecule has 0 rings (SSSR count). The van der Waals surface area contributed by atoms with Gasteiger partial charge < -0.3 is 14.2 Å². The molecule has 380 valence electrons. The summed E-state index contributed by atoms with van der Waals surface area (Å²) >= 11 is 0. The van der Waals surface area contributed by atoms with Crippen molar-refractivity contribution >= 4 is 17.9 Å². The van der Waals surface area contributed by atoms with E-state index in [0.717, 1.165) is 122 Å². The van der Waals surface area contributed by atoms with Gasteiger partial charge in [0.1, 0.15) is 13.2 Å². The number of rotatable bonds is 50. The summed E-state index contributed by atoms with van der Waals surface area (Å²) < 4.78 is 16.8. The summed E-state index contributed by atoms with van der Waals surface area (Å²) in [6.45, 7) is 6.47. The van der Waals surface area contributed by atoms with Gasteiger partial charge in [-0.25, -0.2) is 0 Å². The van der Waals surface area contributed by atoms with Crippen LogP contribution in [0, 0.1) is 0 Å². The van der Waals surface area contributed by atoms with Crippen molar-refractivity contribution in [2.24, 2.45) is 0 Å². The lowest BCUT2D eigenvalue weighted by atomic mass is 10.1. The molecule has 1 atom stereocenters. The van der Waals surface area contributed by atoms with E-state index in [1.807, 2.05) is 0 Å². The number of hydrogen-bond acceptors (Lipinski definition) is 6. The van der Waals surface area contributed by atoms with E-state index >= 15 is 0 Å². The summed E-state index contributed by atoms with van der Waals surface area (Å²) in [7, 11) is 0. The van der Waals surface area contributed by atoms with Gasteiger partial charge in [0.25, 0.3) is 0 Å². The highest BCUT2D eigenvalue weighted by Crippen LogP contribution is 2.15. The van der Waals surface area contributed by atoms with Gasteiger partial charge in [-0.05, 0) is 103 Å². The lowest BCUT2D eigenvalue weighted by molar-refractivity contribution is -0.167. The van der Waals surface area contributed by atoms with Crippen LogP contribution in [0.3, 0.4) is 0 Å². The van der Waals surface area contributed by atoms with Crippen LogP contribution in [-0.4, -0.2) is 37.2 Å². The average Bonchev–Trinajstić information content (AvgIpc) is 3.31. The number of unbranched alkanes of at least 4 members (excludes halogenated alkanes) is 27. The van der Waals surface area contributed by atoms with Crippen LogP contribution >= 0.6 is 0 Å². The van der Waals surface area contributed by atoms with Gasteiger partial charge >= 0.3 is 17.9 Å². The third kappa shape index (κ3) is 51.8. The fraction of sp³-hybridized carbons (Fsp3) is 0.750. The normalized spacial score (nSPS) is 12.6. The molecule has 0 aliphatic rings. The first-order chi connectivity index (χ1) is 32.5. The molecule has 0 spiro atoms. The van der Waals surface area contributed by atoms with Gasteiger partial charge in [-0.3, -0.25) is 14.4 Å². The fourth-order valence-corrected chi connectivity index (χ4v) is 7.70. The maximum atomic E-state index is 12.8. The predicted molar refractivity (Wildman–Crippen MR) is 284 cm³/mol. The molecule has 6 heteroatoms. The van der Waals surface area contributed by atoms with Crippen molar-refractivity contribution in [3.05, 3.63) is 72.9 Å². The maximum absolute atomic E-state index is 12.8. The smallest absolute Gasteiger partial charge is 0.306 e. The number of carbonyl (C=O) groups is 3. The minimum atomic E-state index is -0.792. The van der Waals surface area contributed by atoms with E-state index in [0.29, 0.717) is 19.3 Å². The number of esters is 3. The fourth-order valence-electron chi connectivity index (χ4n) is 7.70. The molecular formula is C60H104O6. The molecule has 0 bridgehead atoms. The van der Waals surface area contributed by atoms with Crippen LogP contribution in [0.2, 0.25) is 0 Å². The van der Waals surface area contributed by atoms with Gasteiger partial charge in [0.05, 0.1) is 0 Å². The Bertz CT molecular complexity index is 1240. The first-order valence-corrected chi connectivity index (χ1v) is 27.9. The Kier molecular flexibility index (Phi) is 51.9. The number of hydrogen-bond donors (Lipinski definition) is 0. The van der Waals surface area contributed by atoms with Crippen LogP contribution in [0.1, 0.15) is 271 Å². The van der Waals surface area contributed by atoms with E-state index in [1.165, 1.54) is 109 Å². The summed E-state index contributed by atoms with van der Waals surface area (Å²) in [6, 6.07) is 0. The van der Waals surface area contributed by atoms with Crippen LogP contribution in [0.5, 0.6) is 0 Å². The molecule has 0 aromatic carbocycles. The van der Waals surface area contributed by atoms with Crippen molar-refractivity contribution in [2.75, 3.05) is 13.2 Å². The molecule has 0 aromatic heterocycles. The molecule has 6 nitrogen and oxygen atoms in total. The van der Waals surface area contributed by atoms with Crippen LogP contribution in [-0.2, 0) is 28.6 Å². The van der Waals surface area contributed by atoms with Crippen LogP contribution in [0.25, 0.3) is 0 Å². The lowest BCUT2D eigenvalue weighted by Crippen LogP contribution is -2.30. The van der Waals surface area contributed by atoms with Gasteiger partial charge in [0.2, 0.25) is 0 Å². The van der Waals surface area contributed by atoms with Crippen LogP contribution < -0.4 is 0 Å². The quantitative estimate of drug-likeness (QED) is 0.0262.